The highest BCUT2D eigenvalue weighted by Gasteiger charge is 2.36. The van der Waals surface area contributed by atoms with Crippen LogP contribution < -0.4 is 14.2 Å². The molecular weight excluding hydrogens is 374 g/mol. The summed E-state index contributed by atoms with van der Waals surface area (Å²) in [6, 6.07) is 9.90. The molecule has 1 atom stereocenters. The molecule has 0 aliphatic carbocycles. The number of hydrogen-bond donors (Lipinski definition) is 1. The lowest BCUT2D eigenvalue weighted by Crippen LogP contribution is -2.41. The summed E-state index contributed by atoms with van der Waals surface area (Å²) in [6.07, 6.45) is 0.506. The molecule has 0 radical (unpaired) electrons. The van der Waals surface area contributed by atoms with Crippen molar-refractivity contribution in [1.29, 1.82) is 0 Å². The van der Waals surface area contributed by atoms with Crippen molar-refractivity contribution in [2.24, 2.45) is 0 Å². The highest BCUT2D eigenvalue weighted by atomic mass is 35.5. The number of methoxy groups -OCH3 is 1. The lowest BCUT2D eigenvalue weighted by Gasteiger charge is -2.38. The fourth-order valence-electron chi connectivity index (χ4n) is 3.19. The van der Waals surface area contributed by atoms with Crippen LogP contribution in [0.3, 0.4) is 0 Å². The van der Waals surface area contributed by atoms with Crippen LogP contribution in [-0.2, 0) is 10.0 Å². The van der Waals surface area contributed by atoms with Gasteiger partial charge in [-0.1, -0.05) is 29.3 Å². The van der Waals surface area contributed by atoms with Crippen molar-refractivity contribution in [2.75, 3.05) is 7.11 Å². The zero-order valence-corrected chi connectivity index (χ0v) is 16.7. The Morgan fingerprint density at radius 2 is 1.96 bits per heavy atom. The number of fused-ring (bicyclic) bond motifs is 1. The van der Waals surface area contributed by atoms with Gasteiger partial charge in [0.15, 0.2) is 0 Å². The molecule has 5 nitrogen and oxygen atoms in total. The normalized spacial score (nSPS) is 18.7. The summed E-state index contributed by atoms with van der Waals surface area (Å²) in [7, 11) is -2.42. The van der Waals surface area contributed by atoms with E-state index in [0.29, 0.717) is 17.2 Å². The van der Waals surface area contributed by atoms with E-state index in [0.717, 1.165) is 11.1 Å². The van der Waals surface area contributed by atoms with Crippen molar-refractivity contribution in [3.05, 3.63) is 52.5 Å². The molecule has 7 heteroatoms. The Balaban J connectivity index is 2.03. The van der Waals surface area contributed by atoms with Crippen LogP contribution in [0.5, 0.6) is 11.5 Å². The van der Waals surface area contributed by atoms with Crippen LogP contribution in [0, 0.1) is 6.92 Å². The molecule has 2 aromatic rings. The number of nitrogens with one attached hydrogen (secondary N) is 1. The van der Waals surface area contributed by atoms with Gasteiger partial charge in [0.2, 0.25) is 10.0 Å². The number of aryl methyl sites for hydroxylation is 1. The van der Waals surface area contributed by atoms with Gasteiger partial charge < -0.3 is 9.47 Å². The Morgan fingerprint density at radius 3 is 2.65 bits per heavy atom. The van der Waals surface area contributed by atoms with E-state index in [1.54, 1.807) is 12.1 Å². The summed E-state index contributed by atoms with van der Waals surface area (Å²) < 4.78 is 40.1. The maximum absolute atomic E-state index is 13.0. The number of benzene rings is 2. The summed E-state index contributed by atoms with van der Waals surface area (Å²) in [4.78, 5) is 0.0194. The van der Waals surface area contributed by atoms with Gasteiger partial charge in [-0.15, -0.1) is 0 Å². The fourth-order valence-corrected chi connectivity index (χ4v) is 4.84. The van der Waals surface area contributed by atoms with Crippen LogP contribution in [0.25, 0.3) is 0 Å². The zero-order valence-electron chi connectivity index (χ0n) is 15.2. The minimum atomic E-state index is -3.85. The predicted molar refractivity (Wildman–Crippen MR) is 102 cm³/mol. The first-order valence-corrected chi connectivity index (χ1v) is 10.1. The summed E-state index contributed by atoms with van der Waals surface area (Å²) in [5, 5.41) is 0.328. The van der Waals surface area contributed by atoms with Crippen molar-refractivity contribution < 1.29 is 17.9 Å². The molecule has 2 aromatic carbocycles. The topological polar surface area (TPSA) is 64.6 Å². The summed E-state index contributed by atoms with van der Waals surface area (Å²) >= 11 is 6.00. The second kappa shape index (κ2) is 6.76. The van der Waals surface area contributed by atoms with E-state index in [-0.39, 0.29) is 10.6 Å². The number of rotatable bonds is 4. The van der Waals surface area contributed by atoms with E-state index >= 15 is 0 Å². The molecule has 3 rings (SSSR count). The van der Waals surface area contributed by atoms with Gasteiger partial charge in [-0.05, 0) is 45.0 Å². The largest absolute Gasteiger partial charge is 0.495 e. The first-order valence-electron chi connectivity index (χ1n) is 8.27. The fraction of sp³-hybridized carbons (Fsp3) is 0.368. The minimum absolute atomic E-state index is 0.0194. The van der Waals surface area contributed by atoms with Gasteiger partial charge in [-0.3, -0.25) is 0 Å². The molecule has 140 valence electrons. The van der Waals surface area contributed by atoms with Gasteiger partial charge in [0, 0.05) is 17.0 Å². The number of sulfonamides is 1. The Morgan fingerprint density at radius 1 is 1.23 bits per heavy atom. The third-order valence-electron chi connectivity index (χ3n) is 4.34. The molecule has 0 fully saturated rings. The van der Waals surface area contributed by atoms with Crippen molar-refractivity contribution in [1.82, 2.24) is 4.72 Å². The SMILES string of the molecule is COc1ccc(Cl)cc1S(=O)(=O)NC1CC(C)(C)Oc2ccc(C)cc21. The molecule has 0 saturated heterocycles. The van der Waals surface area contributed by atoms with E-state index < -0.39 is 21.7 Å². The van der Waals surface area contributed by atoms with Crippen molar-refractivity contribution in [2.45, 2.75) is 43.7 Å². The van der Waals surface area contributed by atoms with Crippen molar-refractivity contribution >= 4 is 21.6 Å². The lowest BCUT2D eigenvalue weighted by molar-refractivity contribution is 0.0701. The molecule has 1 aliphatic heterocycles. The molecular formula is C19H22ClNO4S. The van der Waals surface area contributed by atoms with Gasteiger partial charge in [0.1, 0.15) is 22.0 Å². The quantitative estimate of drug-likeness (QED) is 0.840. The number of hydrogen-bond acceptors (Lipinski definition) is 4. The molecule has 0 amide bonds. The Kier molecular flexibility index (Phi) is 4.94. The smallest absolute Gasteiger partial charge is 0.244 e. The first-order chi connectivity index (χ1) is 12.1. The second-order valence-electron chi connectivity index (χ2n) is 7.08. The maximum Gasteiger partial charge on any atom is 0.244 e. The zero-order chi connectivity index (χ0) is 19.1. The molecule has 1 N–H and O–H groups in total. The standard InChI is InChI=1S/C19H22ClNO4S/c1-12-5-7-16-14(9-12)15(11-19(2,3)25-16)21-26(22,23)18-10-13(20)6-8-17(18)24-4/h5-10,15,21H,11H2,1-4H3. The Labute approximate surface area is 159 Å². The highest BCUT2D eigenvalue weighted by Crippen LogP contribution is 2.41. The lowest BCUT2D eigenvalue weighted by atomic mass is 9.89. The predicted octanol–water partition coefficient (Wildman–Crippen LogP) is 4.24. The van der Waals surface area contributed by atoms with Crippen molar-refractivity contribution in [3.63, 3.8) is 0 Å². The van der Waals surface area contributed by atoms with Crippen LogP contribution in [0.2, 0.25) is 5.02 Å². The Bertz CT molecular complexity index is 941. The van der Waals surface area contributed by atoms with Crippen LogP contribution in [0.15, 0.2) is 41.3 Å². The third-order valence-corrected chi connectivity index (χ3v) is 6.06. The average Bonchev–Trinajstić information content (AvgIpc) is 2.54. The molecule has 0 spiro atoms. The van der Waals surface area contributed by atoms with Crippen LogP contribution in [-0.4, -0.2) is 21.1 Å². The van der Waals surface area contributed by atoms with E-state index in [2.05, 4.69) is 4.72 Å². The Hall–Kier alpha value is -1.76. The first kappa shape index (κ1) is 19.0. The molecule has 0 aromatic heterocycles. The van der Waals surface area contributed by atoms with Gasteiger partial charge in [0.25, 0.3) is 0 Å². The molecule has 1 unspecified atom stereocenters. The van der Waals surface area contributed by atoms with E-state index in [1.807, 2.05) is 39.0 Å². The molecule has 0 saturated carbocycles. The summed E-state index contributed by atoms with van der Waals surface area (Å²) in [6.45, 7) is 5.85. The molecule has 26 heavy (non-hydrogen) atoms. The average molecular weight is 396 g/mol. The maximum atomic E-state index is 13.0. The van der Waals surface area contributed by atoms with Gasteiger partial charge in [-0.2, -0.15) is 0 Å². The van der Waals surface area contributed by atoms with Crippen molar-refractivity contribution in [3.8, 4) is 11.5 Å². The van der Waals surface area contributed by atoms with Crippen LogP contribution >= 0.6 is 11.6 Å². The van der Waals surface area contributed by atoms with Crippen LogP contribution in [0.1, 0.15) is 37.4 Å². The third kappa shape index (κ3) is 3.82. The molecule has 1 heterocycles. The van der Waals surface area contributed by atoms with E-state index in [1.165, 1.54) is 13.2 Å². The molecule has 1 aliphatic rings. The molecule has 0 bridgehead atoms. The number of ether oxygens (including phenoxy) is 2. The monoisotopic (exact) mass is 395 g/mol. The highest BCUT2D eigenvalue weighted by molar-refractivity contribution is 7.89. The minimum Gasteiger partial charge on any atom is -0.495 e. The van der Waals surface area contributed by atoms with E-state index in [9.17, 15) is 8.42 Å². The van der Waals surface area contributed by atoms with Gasteiger partial charge >= 0.3 is 0 Å². The van der Waals surface area contributed by atoms with Gasteiger partial charge in [-0.25, -0.2) is 13.1 Å². The summed E-state index contributed by atoms with van der Waals surface area (Å²) in [5.41, 5.74) is 1.37. The second-order valence-corrected chi connectivity index (χ2v) is 9.20. The van der Waals surface area contributed by atoms with E-state index in [4.69, 9.17) is 21.1 Å². The van der Waals surface area contributed by atoms with Gasteiger partial charge in [0.05, 0.1) is 13.2 Å². The van der Waals surface area contributed by atoms with Crippen LogP contribution in [0.4, 0.5) is 0 Å². The number of halogens is 1. The summed E-state index contributed by atoms with van der Waals surface area (Å²) in [5.74, 6) is 0.940.